The van der Waals surface area contributed by atoms with Gasteiger partial charge in [0.15, 0.2) is 34.7 Å². The molecule has 8 rings (SSSR count). The number of carboxylic acids is 1. The van der Waals surface area contributed by atoms with Crippen LogP contribution >= 0.6 is 0 Å². The van der Waals surface area contributed by atoms with Gasteiger partial charge in [0.2, 0.25) is 11.4 Å². The van der Waals surface area contributed by atoms with E-state index in [9.17, 15) is 19.5 Å². The van der Waals surface area contributed by atoms with Gasteiger partial charge >= 0.3 is 5.97 Å². The van der Waals surface area contributed by atoms with E-state index >= 15 is 8.78 Å². The number of carboxylic acid groups (broad SMARTS) is 1. The summed E-state index contributed by atoms with van der Waals surface area (Å²) in [6.07, 6.45) is 9.90. The van der Waals surface area contributed by atoms with Gasteiger partial charge in [-0.15, -0.1) is 0 Å². The second kappa shape index (κ2) is 18.0. The van der Waals surface area contributed by atoms with Gasteiger partial charge in [0.1, 0.15) is 22.7 Å². The van der Waals surface area contributed by atoms with Gasteiger partial charge in [0.05, 0.1) is 28.9 Å². The summed E-state index contributed by atoms with van der Waals surface area (Å²) in [5.74, 6) is -1.52. The number of rotatable bonds is 13. The van der Waals surface area contributed by atoms with Crippen LogP contribution in [-0.4, -0.2) is 120 Å². The Hall–Kier alpha value is -6.47. The number of guanidine groups is 2. The fraction of sp³-hybridized carbons (Fsp3) is 0.553. The number of hydrogen-bond acceptors (Lipinski definition) is 10. The van der Waals surface area contributed by atoms with E-state index in [0.717, 1.165) is 44.6 Å². The molecule has 0 spiro atoms. The number of halogens is 2. The van der Waals surface area contributed by atoms with E-state index in [0.29, 0.717) is 69.2 Å². The lowest BCUT2D eigenvalue weighted by molar-refractivity contribution is 0.0694. The molecular weight excluding hydrogens is 863 g/mol. The molecule has 4 aromatic heterocycles. The first-order valence-electron chi connectivity index (χ1n) is 23.2. The Bertz CT molecular complexity index is 2830. The Morgan fingerprint density at radius 1 is 0.791 bits per heavy atom. The minimum atomic E-state index is -1.39. The lowest BCUT2D eigenvalue weighted by Gasteiger charge is -2.36. The van der Waals surface area contributed by atoms with Crippen molar-refractivity contribution in [3.05, 3.63) is 68.2 Å². The number of hydrogen-bond donors (Lipinski definition) is 5. The normalized spacial score (nSPS) is 20.9. The van der Waals surface area contributed by atoms with Gasteiger partial charge in [-0.25, -0.2) is 23.5 Å². The Morgan fingerprint density at radius 3 is 1.91 bits per heavy atom. The van der Waals surface area contributed by atoms with Gasteiger partial charge in [0.25, 0.3) is 0 Å². The van der Waals surface area contributed by atoms with Crippen LogP contribution in [0.2, 0.25) is 0 Å². The quantitative estimate of drug-likeness (QED) is 0.0662. The lowest BCUT2D eigenvalue weighted by atomic mass is 10.1. The third-order valence-corrected chi connectivity index (χ3v) is 13.6. The van der Waals surface area contributed by atoms with Crippen LogP contribution in [0.4, 0.5) is 20.4 Å². The third kappa shape index (κ3) is 9.30. The number of aliphatic imine (C=N–C) groups is 2. The van der Waals surface area contributed by atoms with Crippen molar-refractivity contribution in [2.24, 2.45) is 21.5 Å². The Morgan fingerprint density at radius 2 is 1.34 bits per heavy atom. The van der Waals surface area contributed by atoms with Crippen molar-refractivity contribution < 1.29 is 18.7 Å². The van der Waals surface area contributed by atoms with E-state index in [4.69, 9.17) is 27.3 Å². The highest BCUT2D eigenvalue weighted by atomic mass is 19.1. The Labute approximate surface area is 387 Å². The fourth-order valence-corrected chi connectivity index (χ4v) is 10.2. The number of anilines is 2. The molecule has 4 aromatic rings. The first kappa shape index (κ1) is 47.0. The highest BCUT2D eigenvalue weighted by molar-refractivity contribution is 6.01. The molecule has 4 fully saturated rings. The average molecular weight is 925 g/mol. The molecule has 7 N–H and O–H groups in total. The molecule has 4 bridgehead atoms. The van der Waals surface area contributed by atoms with Gasteiger partial charge in [0, 0.05) is 80.4 Å². The fourth-order valence-electron chi connectivity index (χ4n) is 10.2. The minimum absolute atomic E-state index is 0.0117. The first-order valence-corrected chi connectivity index (χ1v) is 23.2. The average Bonchev–Trinajstić information content (AvgIpc) is 4.06. The molecule has 358 valence electrons. The molecule has 0 aromatic carbocycles. The highest BCUT2D eigenvalue weighted by Gasteiger charge is 2.47. The summed E-state index contributed by atoms with van der Waals surface area (Å²) in [7, 11) is 0. The Balaban J connectivity index is 0.749. The third-order valence-electron chi connectivity index (χ3n) is 13.6. The summed E-state index contributed by atoms with van der Waals surface area (Å²) in [4.78, 5) is 63.3. The zero-order valence-electron chi connectivity index (χ0n) is 39.2. The number of nitrogens with one attached hydrogen (secondary N) is 2. The van der Waals surface area contributed by atoms with Crippen molar-refractivity contribution in [2.75, 3.05) is 42.5 Å². The van der Waals surface area contributed by atoms with Crippen LogP contribution in [0.3, 0.4) is 0 Å². The molecule has 4 aliphatic heterocycles. The van der Waals surface area contributed by atoms with Gasteiger partial charge < -0.3 is 50.7 Å². The number of amidine groups is 1. The van der Waals surface area contributed by atoms with Crippen molar-refractivity contribution in [3.63, 3.8) is 0 Å². The van der Waals surface area contributed by atoms with Crippen molar-refractivity contribution in [2.45, 2.75) is 135 Å². The standard InChI is InChI=1S/C47H62F2N14O4/c1-46(2,3)62-15-13-36(64)31-19-34(48)41(55-39(31)62)59-22-27-17-28(59)21-58(27)37(51)16-26(50)12-10-8-7-9-11-14-54-44(52)57-45(53)61-24-29-18-30(61)23-60(29)42-35(49)20-32-38(65)33(43(66)67)25-63(40(32)56-42)47(4,5)6/h13,15,19-20,25,27-30,50-51H,7-12,14,16-18,21-24H2,1-6H3,(H,66,67)(H4,52,53,54,57)/t27-,28?,29?,30+/m0/s1. The van der Waals surface area contributed by atoms with Crippen LogP contribution in [0.5, 0.6) is 0 Å². The SMILES string of the molecule is CC(C)(C)n1ccc(=O)c2cc(F)c(N3C[C@@H]4CC3CN4C(=N)CC(=N)CCCCCCCN=C(N)N=C(N)N3CC4C[C@@H]3CN4c3nc4c(cc3F)c(=O)c(C(=O)O)cn4C(C)(C)C)nc21. The Kier molecular flexibility index (Phi) is 12.6. The monoisotopic (exact) mass is 925 g/mol. The summed E-state index contributed by atoms with van der Waals surface area (Å²) in [5, 5.41) is 27.2. The van der Waals surface area contributed by atoms with Gasteiger partial charge in [-0.2, -0.15) is 4.99 Å². The second-order valence-corrected chi connectivity index (χ2v) is 20.4. The van der Waals surface area contributed by atoms with E-state index in [-0.39, 0.29) is 75.1 Å². The molecule has 4 aliphatic rings. The molecule has 67 heavy (non-hydrogen) atoms. The van der Waals surface area contributed by atoms with Crippen molar-refractivity contribution in [1.82, 2.24) is 28.9 Å². The molecule has 4 atom stereocenters. The number of unbranched alkanes of at least 4 members (excludes halogenated alkanes) is 4. The maximum atomic E-state index is 15.6. The molecule has 20 heteroatoms. The maximum Gasteiger partial charge on any atom is 0.341 e. The van der Waals surface area contributed by atoms with E-state index in [1.165, 1.54) is 18.3 Å². The van der Waals surface area contributed by atoms with Gasteiger partial charge in [-0.1, -0.05) is 19.3 Å². The van der Waals surface area contributed by atoms with E-state index in [1.807, 2.05) is 60.8 Å². The van der Waals surface area contributed by atoms with Crippen LogP contribution in [0.25, 0.3) is 22.1 Å². The molecule has 0 radical (unpaired) electrons. The van der Waals surface area contributed by atoms with Crippen LogP contribution in [0, 0.1) is 22.5 Å². The number of aromatic carboxylic acids is 1. The smallest absolute Gasteiger partial charge is 0.341 e. The predicted octanol–water partition coefficient (Wildman–Crippen LogP) is 5.18. The summed E-state index contributed by atoms with van der Waals surface area (Å²) < 4.78 is 34.6. The van der Waals surface area contributed by atoms with Crippen LogP contribution in [0.1, 0.15) is 110 Å². The number of nitrogens with two attached hydrogens (primary N) is 2. The van der Waals surface area contributed by atoms with Crippen molar-refractivity contribution in [1.29, 1.82) is 10.8 Å². The molecule has 0 saturated carbocycles. The largest absolute Gasteiger partial charge is 0.477 e. The van der Waals surface area contributed by atoms with E-state index < -0.39 is 34.1 Å². The summed E-state index contributed by atoms with van der Waals surface area (Å²) in [5.41, 5.74) is 11.3. The number of aromatic nitrogens is 4. The summed E-state index contributed by atoms with van der Waals surface area (Å²) in [6.45, 7) is 14.1. The van der Waals surface area contributed by atoms with Crippen molar-refractivity contribution >= 4 is 63.1 Å². The number of likely N-dealkylation sites (tertiary alicyclic amines) is 2. The summed E-state index contributed by atoms with van der Waals surface area (Å²) in [6, 6.07) is 3.67. The van der Waals surface area contributed by atoms with E-state index in [1.54, 1.807) is 10.8 Å². The minimum Gasteiger partial charge on any atom is -0.477 e. The van der Waals surface area contributed by atoms with Crippen LogP contribution in [0.15, 0.2) is 50.2 Å². The zero-order chi connectivity index (χ0) is 48.3. The van der Waals surface area contributed by atoms with E-state index in [2.05, 4.69) is 19.9 Å². The highest BCUT2D eigenvalue weighted by Crippen LogP contribution is 2.38. The molecule has 0 amide bonds. The number of nitrogens with zero attached hydrogens (tertiary/aromatic N) is 10. The first-order chi connectivity index (χ1) is 31.6. The molecule has 2 unspecified atom stereocenters. The molecular formula is C47H62F2N14O4. The van der Waals surface area contributed by atoms with Crippen LogP contribution in [-0.2, 0) is 11.1 Å². The summed E-state index contributed by atoms with van der Waals surface area (Å²) >= 11 is 0. The number of piperazine rings is 2. The predicted molar refractivity (Wildman–Crippen MR) is 257 cm³/mol. The van der Waals surface area contributed by atoms with Gasteiger partial charge in [-0.3, -0.25) is 20.0 Å². The molecule has 4 saturated heterocycles. The molecule has 18 nitrogen and oxygen atoms in total. The topological polar surface area (TPSA) is 244 Å². The van der Waals surface area contributed by atoms with Crippen LogP contribution < -0.4 is 32.1 Å². The maximum absolute atomic E-state index is 15.6. The number of carbonyl (C=O) groups is 1. The second-order valence-electron chi connectivity index (χ2n) is 20.4. The molecule has 0 aliphatic carbocycles. The lowest BCUT2D eigenvalue weighted by Crippen LogP contribution is -2.52. The molecule has 8 heterocycles. The van der Waals surface area contributed by atoms with Gasteiger partial charge in [-0.05, 0) is 85.8 Å². The number of fused-ring (bicyclic) bond motifs is 6. The zero-order valence-corrected chi connectivity index (χ0v) is 39.2. The van der Waals surface area contributed by atoms with Crippen molar-refractivity contribution in [3.8, 4) is 0 Å². The number of pyridine rings is 4.